The van der Waals surface area contributed by atoms with Crippen LogP contribution in [0.4, 0.5) is 0 Å². The zero-order chi connectivity index (χ0) is 52.9. The van der Waals surface area contributed by atoms with Crippen LogP contribution in [0.15, 0.2) is 217 Å². The lowest BCUT2D eigenvalue weighted by molar-refractivity contribution is -0.339. The lowest BCUT2D eigenvalue weighted by atomic mass is 9.83. The molecule has 7 aromatic rings. The first-order valence-corrected chi connectivity index (χ1v) is 26.1. The van der Waals surface area contributed by atoms with Gasteiger partial charge in [0.05, 0.1) is 52.9 Å². The molecule has 0 amide bonds. The van der Waals surface area contributed by atoms with Crippen LogP contribution in [0.5, 0.6) is 0 Å². The van der Waals surface area contributed by atoms with Gasteiger partial charge in [0.2, 0.25) is 0 Å². The molecule has 9 rings (SSSR count). The first kappa shape index (κ1) is 54.7. The molecule has 0 spiro atoms. The average Bonchev–Trinajstić information content (AvgIpc) is 3.48. The average molecular weight is 1040 g/mol. The Morgan fingerprint density at radius 1 is 0.416 bits per heavy atom. The summed E-state index contributed by atoms with van der Waals surface area (Å²) in [5, 5.41) is 4.41. The van der Waals surface area contributed by atoms with E-state index in [9.17, 15) is 10.3 Å². The van der Waals surface area contributed by atoms with Crippen molar-refractivity contribution in [2.45, 2.75) is 120 Å². The predicted octanol–water partition coefficient (Wildman–Crippen LogP) is 11.4. The van der Waals surface area contributed by atoms with Gasteiger partial charge in [-0.05, 0) is 44.5 Å². The Bertz CT molecular complexity index is 2840. The van der Waals surface area contributed by atoms with Crippen LogP contribution in [0, 0.1) is 0 Å². The fourth-order valence-corrected chi connectivity index (χ4v) is 9.70. The van der Waals surface area contributed by atoms with Gasteiger partial charge in [-0.2, -0.15) is 0 Å². The van der Waals surface area contributed by atoms with Crippen molar-refractivity contribution in [3.05, 3.63) is 262 Å². The lowest BCUT2D eigenvalue weighted by Crippen LogP contribution is -2.69. The number of benzene rings is 7. The summed E-state index contributed by atoms with van der Waals surface area (Å²) in [6.45, 7) is 2.46. The van der Waals surface area contributed by atoms with E-state index in [1.807, 2.05) is 212 Å². The summed E-state index contributed by atoms with van der Waals surface area (Å²) in [7, 11) is 0. The molecule has 1 saturated heterocycles. The molecule has 0 N–H and O–H groups in total. The third-order valence-electron chi connectivity index (χ3n) is 13.4. The summed E-state index contributed by atoms with van der Waals surface area (Å²) in [4.78, 5) is 17.1. The van der Waals surface area contributed by atoms with Gasteiger partial charge >= 0.3 is 5.97 Å². The molecule has 1 aliphatic carbocycles. The number of azide groups is 1. The van der Waals surface area contributed by atoms with Gasteiger partial charge in [-0.3, -0.25) is 4.79 Å². The van der Waals surface area contributed by atoms with E-state index >= 15 is 0 Å². The van der Waals surface area contributed by atoms with Gasteiger partial charge in [-0.15, -0.1) is 0 Å². The highest BCUT2D eigenvalue weighted by atomic mass is 16.7. The van der Waals surface area contributed by atoms with Crippen molar-refractivity contribution in [2.24, 2.45) is 5.11 Å². The minimum atomic E-state index is -1.38. The van der Waals surface area contributed by atoms with Gasteiger partial charge in [-0.25, -0.2) is 0 Å². The molecule has 1 aliphatic heterocycles. The van der Waals surface area contributed by atoms with Gasteiger partial charge in [0.15, 0.2) is 12.4 Å². The molecule has 0 bridgehead atoms. The van der Waals surface area contributed by atoms with E-state index in [0.29, 0.717) is 0 Å². The zero-order valence-electron chi connectivity index (χ0n) is 43.0. The second kappa shape index (κ2) is 28.9. The third kappa shape index (κ3) is 15.8. The molecular formula is C63H65N3O11. The number of rotatable bonds is 26. The van der Waals surface area contributed by atoms with E-state index in [1.165, 1.54) is 6.92 Å². The van der Waals surface area contributed by atoms with Crippen molar-refractivity contribution >= 4 is 5.97 Å². The molecule has 2 fully saturated rings. The van der Waals surface area contributed by atoms with Crippen LogP contribution < -0.4 is 0 Å². The van der Waals surface area contributed by atoms with E-state index < -0.39 is 73.2 Å². The van der Waals surface area contributed by atoms with Gasteiger partial charge < -0.3 is 47.4 Å². The van der Waals surface area contributed by atoms with E-state index in [2.05, 4.69) is 10.0 Å². The number of hydrogen-bond donors (Lipinski definition) is 0. The molecule has 7 aromatic carbocycles. The maximum atomic E-state index is 13.7. The van der Waals surface area contributed by atoms with Crippen molar-refractivity contribution in [2.75, 3.05) is 6.61 Å². The lowest BCUT2D eigenvalue weighted by Gasteiger charge is -2.51. The first-order valence-electron chi connectivity index (χ1n) is 26.1. The van der Waals surface area contributed by atoms with Crippen molar-refractivity contribution < 1.29 is 52.2 Å². The molecular weight excluding hydrogens is 975 g/mol. The molecule has 0 radical (unpaired) electrons. The molecule has 77 heavy (non-hydrogen) atoms. The minimum Gasteiger partial charge on any atom is -0.457 e. The largest absolute Gasteiger partial charge is 0.457 e. The minimum absolute atomic E-state index is 0.0232. The molecule has 11 atom stereocenters. The molecule has 398 valence electrons. The van der Waals surface area contributed by atoms with Crippen LogP contribution in [-0.2, 0) is 98.4 Å². The van der Waals surface area contributed by atoms with Crippen molar-refractivity contribution in [1.29, 1.82) is 0 Å². The van der Waals surface area contributed by atoms with Crippen molar-refractivity contribution in [3.63, 3.8) is 0 Å². The zero-order valence-corrected chi connectivity index (χ0v) is 43.0. The van der Waals surface area contributed by atoms with Crippen LogP contribution in [0.25, 0.3) is 10.4 Å². The van der Waals surface area contributed by atoms with Crippen LogP contribution >= 0.6 is 0 Å². The molecule has 1 heterocycles. The van der Waals surface area contributed by atoms with Gasteiger partial charge in [0.1, 0.15) is 54.9 Å². The number of ether oxygens (including phenoxy) is 10. The Kier molecular flexibility index (Phi) is 20.6. The van der Waals surface area contributed by atoms with Crippen molar-refractivity contribution in [3.8, 4) is 0 Å². The fraction of sp³-hybridized carbons (Fsp3) is 0.317. The number of nitrogens with zero attached hydrogens (tertiary/aromatic N) is 3. The molecule has 0 aromatic heterocycles. The third-order valence-corrected chi connectivity index (χ3v) is 13.4. The predicted molar refractivity (Wildman–Crippen MR) is 288 cm³/mol. The molecule has 0 unspecified atom stereocenters. The summed E-state index contributed by atoms with van der Waals surface area (Å²) in [6.07, 6.45) is -10.5. The number of hydrogen-bond acceptors (Lipinski definition) is 12. The molecule has 14 nitrogen and oxygen atoms in total. The standard InChI is InChI=1S/C63H65N3O11/c1-45(67)75-61-59(73-42-51-33-19-7-20-34-51)57(71-40-49-29-15-5-16-30-49)58(72-41-50-31-17-6-18-32-50)60(74-43-52-35-21-8-22-36-52)62(61)77-63-54(65-66-64)56(70-39-48-27-13-4-14-28-48)55(69-38-47-25-11-3-12-26-47)53(76-63)44-68-37-46-23-9-2-10-24-46/h2-36,53-63H,37-44H2,1H3/t53-,54-,55+,56-,57-,58+,59+,60-,61-,62-,63+/m1/s1. The second-order valence-electron chi connectivity index (χ2n) is 19.0. The van der Waals surface area contributed by atoms with Crippen molar-refractivity contribution in [1.82, 2.24) is 0 Å². The fourth-order valence-electron chi connectivity index (χ4n) is 9.70. The smallest absolute Gasteiger partial charge is 0.303 e. The Morgan fingerprint density at radius 3 is 1.05 bits per heavy atom. The Morgan fingerprint density at radius 2 is 0.714 bits per heavy atom. The second-order valence-corrected chi connectivity index (χ2v) is 19.0. The highest BCUT2D eigenvalue weighted by Gasteiger charge is 2.58. The summed E-state index contributed by atoms with van der Waals surface area (Å²) in [6, 6.07) is 67.1. The summed E-state index contributed by atoms with van der Waals surface area (Å²) >= 11 is 0. The SMILES string of the molecule is CC(=O)O[C@@H]1[C@@H](OCc2ccccc2)[C@H](OCc2ccccc2)[C@H](OCc2ccccc2)[C@@H](OCc2ccccc2)[C@H]1O[C@@H]1O[C@H](COCc2ccccc2)[C@H](OCc2ccccc2)[C@H](OCc2ccccc2)[C@H]1N=[N+]=[N-]. The van der Waals surface area contributed by atoms with Gasteiger partial charge in [-0.1, -0.05) is 217 Å². The summed E-state index contributed by atoms with van der Waals surface area (Å²) < 4.78 is 69.2. The maximum absolute atomic E-state index is 13.7. The van der Waals surface area contributed by atoms with Crippen LogP contribution in [-0.4, -0.2) is 79.8 Å². The monoisotopic (exact) mass is 1040 g/mol. The molecule has 2 aliphatic rings. The summed E-state index contributed by atoms with van der Waals surface area (Å²) in [5.41, 5.74) is 16.8. The van der Waals surface area contributed by atoms with E-state index in [4.69, 9.17) is 47.4 Å². The van der Waals surface area contributed by atoms with Gasteiger partial charge in [0, 0.05) is 11.8 Å². The van der Waals surface area contributed by atoms with E-state index in [0.717, 1.165) is 38.9 Å². The highest BCUT2D eigenvalue weighted by Crippen LogP contribution is 2.39. The Labute approximate surface area is 450 Å². The number of esters is 1. The molecule has 14 heteroatoms. The number of carbonyl (C=O) groups is 1. The Balaban J connectivity index is 1.15. The van der Waals surface area contributed by atoms with Crippen LogP contribution in [0.1, 0.15) is 45.9 Å². The molecule has 1 saturated carbocycles. The quantitative estimate of drug-likeness (QED) is 0.0220. The highest BCUT2D eigenvalue weighted by molar-refractivity contribution is 5.66. The van der Waals surface area contributed by atoms with Crippen LogP contribution in [0.2, 0.25) is 0 Å². The van der Waals surface area contributed by atoms with E-state index in [1.54, 1.807) is 0 Å². The van der Waals surface area contributed by atoms with Gasteiger partial charge in [0.25, 0.3) is 0 Å². The van der Waals surface area contributed by atoms with Crippen LogP contribution in [0.3, 0.4) is 0 Å². The maximum Gasteiger partial charge on any atom is 0.303 e. The first-order chi connectivity index (χ1) is 38.0. The topological polar surface area (TPSA) is 158 Å². The summed E-state index contributed by atoms with van der Waals surface area (Å²) in [5.74, 6) is -0.606. The van der Waals surface area contributed by atoms with E-state index in [-0.39, 0.29) is 52.9 Å². The Hall–Kier alpha value is -7.04. The number of carbonyl (C=O) groups excluding carboxylic acids is 1. The normalized spacial score (nSPS) is 24.1.